The largest absolute Gasteiger partial charge is 0.385 e. The van der Waals surface area contributed by atoms with Gasteiger partial charge >= 0.3 is 5.69 Å². The number of hydrogen-bond donors (Lipinski definition) is 5. The first-order chi connectivity index (χ1) is 7.98. The monoisotopic (exact) mass is 240 g/mol. The fraction of sp³-hybridized carbons (Fsp3) is 0.444. The molecule has 0 saturated carbocycles. The molecule has 1 aromatic heterocycles. The van der Waals surface area contributed by atoms with E-state index in [-0.39, 0.29) is 12.2 Å². The number of H-pyrrole nitrogens is 2. The third kappa shape index (κ3) is 2.60. The van der Waals surface area contributed by atoms with Crippen LogP contribution in [0.1, 0.15) is 10.5 Å². The molecule has 1 fully saturated rings. The molecule has 2 heterocycles. The molecule has 0 bridgehead atoms. The van der Waals surface area contributed by atoms with Gasteiger partial charge in [0.05, 0.1) is 0 Å². The Labute approximate surface area is 95.1 Å². The van der Waals surface area contributed by atoms with Crippen LogP contribution in [-0.4, -0.2) is 46.2 Å². The number of hydrogen-bond acceptors (Lipinski definition) is 5. The van der Waals surface area contributed by atoms with E-state index >= 15 is 0 Å². The van der Waals surface area contributed by atoms with Crippen LogP contribution in [0.4, 0.5) is 0 Å². The molecule has 5 N–H and O–H groups in total. The molecule has 0 aromatic carbocycles. The van der Waals surface area contributed by atoms with Gasteiger partial charge in [-0.15, -0.1) is 0 Å². The summed E-state index contributed by atoms with van der Waals surface area (Å²) in [4.78, 5) is 37.6. The maximum atomic E-state index is 11.6. The molecule has 2 rings (SSSR count). The molecule has 1 aliphatic heterocycles. The Bertz CT molecular complexity index is 514. The van der Waals surface area contributed by atoms with Gasteiger partial charge in [-0.05, 0) is 0 Å². The highest BCUT2D eigenvalue weighted by Crippen LogP contribution is 2.08. The van der Waals surface area contributed by atoms with Gasteiger partial charge in [0.25, 0.3) is 11.5 Å². The highest BCUT2D eigenvalue weighted by atomic mass is 16.3. The molecule has 0 radical (unpaired) electrons. The molecule has 1 aromatic rings. The summed E-state index contributed by atoms with van der Waals surface area (Å²) in [7, 11) is 0. The molecule has 1 saturated heterocycles. The maximum absolute atomic E-state index is 11.6. The molecule has 0 aliphatic carbocycles. The van der Waals surface area contributed by atoms with Crippen LogP contribution in [0.15, 0.2) is 15.7 Å². The van der Waals surface area contributed by atoms with Gasteiger partial charge in [-0.2, -0.15) is 0 Å². The topological polar surface area (TPSA) is 127 Å². The first kappa shape index (κ1) is 11.6. The van der Waals surface area contributed by atoms with E-state index in [9.17, 15) is 19.5 Å². The van der Waals surface area contributed by atoms with Crippen molar-refractivity contribution in [2.75, 3.05) is 19.6 Å². The van der Waals surface area contributed by atoms with E-state index in [1.165, 1.54) is 0 Å². The summed E-state index contributed by atoms with van der Waals surface area (Å²) >= 11 is 0. The van der Waals surface area contributed by atoms with Crippen molar-refractivity contribution in [3.63, 3.8) is 0 Å². The van der Waals surface area contributed by atoms with Crippen molar-refractivity contribution >= 4 is 5.91 Å². The summed E-state index contributed by atoms with van der Waals surface area (Å²) in [5.74, 6) is -0.603. The molecule has 1 aliphatic rings. The second kappa shape index (κ2) is 4.15. The summed E-state index contributed by atoms with van der Waals surface area (Å²) in [6.07, 6.45) is 0. The van der Waals surface area contributed by atoms with E-state index in [4.69, 9.17) is 0 Å². The maximum Gasteiger partial charge on any atom is 0.326 e. The smallest absolute Gasteiger partial charge is 0.326 e. The lowest BCUT2D eigenvalue weighted by molar-refractivity contribution is -0.00763. The first-order valence-corrected chi connectivity index (χ1v) is 5.03. The minimum atomic E-state index is -0.947. The van der Waals surface area contributed by atoms with Gasteiger partial charge in [0.2, 0.25) is 0 Å². The second-order valence-electron chi connectivity index (χ2n) is 4.01. The average Bonchev–Trinajstić information content (AvgIpc) is 2.22. The molecule has 92 valence electrons. The molecular formula is C9H12N4O4. The average molecular weight is 240 g/mol. The van der Waals surface area contributed by atoms with Crippen molar-refractivity contribution in [3.05, 3.63) is 32.6 Å². The van der Waals surface area contributed by atoms with Crippen molar-refractivity contribution in [2.24, 2.45) is 0 Å². The summed E-state index contributed by atoms with van der Waals surface area (Å²) in [6.45, 7) is 0.867. The van der Waals surface area contributed by atoms with E-state index in [1.807, 2.05) is 4.98 Å². The number of β-amino-alcohol motifs (C(OH)–C–C–N with tert-alkyl or cyclic N) is 1. The van der Waals surface area contributed by atoms with Gasteiger partial charge in [-0.3, -0.25) is 14.6 Å². The van der Waals surface area contributed by atoms with Crippen molar-refractivity contribution in [1.29, 1.82) is 0 Å². The predicted molar refractivity (Wildman–Crippen MR) is 57.8 cm³/mol. The van der Waals surface area contributed by atoms with E-state index in [1.54, 1.807) is 0 Å². The van der Waals surface area contributed by atoms with E-state index in [0.717, 1.165) is 6.07 Å². The zero-order chi connectivity index (χ0) is 12.5. The number of amides is 1. The Morgan fingerprint density at radius 3 is 2.65 bits per heavy atom. The zero-order valence-electron chi connectivity index (χ0n) is 8.87. The van der Waals surface area contributed by atoms with Gasteiger partial charge in [0, 0.05) is 25.7 Å². The first-order valence-electron chi connectivity index (χ1n) is 5.03. The lowest BCUT2D eigenvalue weighted by Crippen LogP contribution is -2.64. The summed E-state index contributed by atoms with van der Waals surface area (Å²) in [5, 5.41) is 15.0. The Kier molecular flexibility index (Phi) is 2.82. The fourth-order valence-electron chi connectivity index (χ4n) is 1.47. The van der Waals surface area contributed by atoms with Crippen LogP contribution in [-0.2, 0) is 0 Å². The summed E-state index contributed by atoms with van der Waals surface area (Å²) < 4.78 is 0. The molecular weight excluding hydrogens is 228 g/mol. The third-order valence-corrected chi connectivity index (χ3v) is 2.49. The number of aromatic nitrogens is 2. The number of carbonyl (C=O) groups excluding carboxylic acids is 1. The molecule has 0 spiro atoms. The highest BCUT2D eigenvalue weighted by Gasteiger charge is 2.34. The zero-order valence-corrected chi connectivity index (χ0v) is 8.87. The van der Waals surface area contributed by atoms with Crippen molar-refractivity contribution in [1.82, 2.24) is 20.6 Å². The van der Waals surface area contributed by atoms with Crippen LogP contribution >= 0.6 is 0 Å². The minimum Gasteiger partial charge on any atom is -0.385 e. The Balaban J connectivity index is 2.04. The highest BCUT2D eigenvalue weighted by molar-refractivity contribution is 5.92. The van der Waals surface area contributed by atoms with Crippen LogP contribution < -0.4 is 21.9 Å². The number of carbonyl (C=O) groups is 1. The van der Waals surface area contributed by atoms with Crippen LogP contribution in [0, 0.1) is 0 Å². The normalized spacial score (nSPS) is 17.2. The van der Waals surface area contributed by atoms with Crippen molar-refractivity contribution < 1.29 is 9.90 Å². The van der Waals surface area contributed by atoms with E-state index in [2.05, 4.69) is 15.6 Å². The van der Waals surface area contributed by atoms with Crippen LogP contribution in [0.25, 0.3) is 0 Å². The standard InChI is InChI=1S/C9H12N4O4/c14-6-1-5(12-8(16)13-6)7(15)11-4-9(17)2-10-3-9/h1,10,17H,2-4H2,(H,11,15)(H2,12,13,14,16). The van der Waals surface area contributed by atoms with E-state index < -0.39 is 22.8 Å². The Morgan fingerprint density at radius 2 is 2.12 bits per heavy atom. The number of aliphatic hydroxyl groups is 1. The minimum absolute atomic E-state index is 0.0632. The molecule has 1 amide bonds. The third-order valence-electron chi connectivity index (χ3n) is 2.49. The van der Waals surface area contributed by atoms with Crippen LogP contribution in [0.5, 0.6) is 0 Å². The number of aromatic amines is 2. The lowest BCUT2D eigenvalue weighted by atomic mass is 9.97. The SMILES string of the molecule is O=C(NCC1(O)CNC1)c1cc(=O)[nH]c(=O)[nH]1. The summed E-state index contributed by atoms with van der Waals surface area (Å²) in [5.41, 5.74) is -2.47. The molecule has 0 unspecified atom stereocenters. The van der Waals surface area contributed by atoms with Gasteiger partial charge in [-0.1, -0.05) is 0 Å². The summed E-state index contributed by atoms with van der Waals surface area (Å²) in [6, 6.07) is 0.986. The Morgan fingerprint density at radius 1 is 1.41 bits per heavy atom. The van der Waals surface area contributed by atoms with Gasteiger partial charge < -0.3 is 20.7 Å². The lowest BCUT2D eigenvalue weighted by Gasteiger charge is -2.37. The van der Waals surface area contributed by atoms with E-state index in [0.29, 0.717) is 13.1 Å². The quantitative estimate of drug-likeness (QED) is 0.388. The Hall–Kier alpha value is -1.93. The fourth-order valence-corrected chi connectivity index (χ4v) is 1.47. The number of nitrogens with one attached hydrogen (secondary N) is 4. The number of rotatable bonds is 3. The van der Waals surface area contributed by atoms with Crippen LogP contribution in [0.2, 0.25) is 0 Å². The van der Waals surface area contributed by atoms with Gasteiger partial charge in [-0.25, -0.2) is 4.79 Å². The van der Waals surface area contributed by atoms with Crippen molar-refractivity contribution in [2.45, 2.75) is 5.60 Å². The molecule has 0 atom stereocenters. The van der Waals surface area contributed by atoms with Gasteiger partial charge in [0.15, 0.2) is 0 Å². The molecule has 17 heavy (non-hydrogen) atoms. The predicted octanol–water partition coefficient (Wildman–Crippen LogP) is -2.87. The molecule has 8 heteroatoms. The van der Waals surface area contributed by atoms with Gasteiger partial charge in [0.1, 0.15) is 11.3 Å². The second-order valence-corrected chi connectivity index (χ2v) is 4.01. The van der Waals surface area contributed by atoms with Crippen LogP contribution in [0.3, 0.4) is 0 Å². The van der Waals surface area contributed by atoms with Crippen molar-refractivity contribution in [3.8, 4) is 0 Å². The molecule has 8 nitrogen and oxygen atoms in total.